The van der Waals surface area contributed by atoms with Gasteiger partial charge in [0, 0.05) is 18.7 Å². The second-order valence-corrected chi connectivity index (χ2v) is 7.87. The minimum absolute atomic E-state index is 0.249. The van der Waals surface area contributed by atoms with Gasteiger partial charge in [0.15, 0.2) is 12.0 Å². The Labute approximate surface area is 136 Å². The van der Waals surface area contributed by atoms with Gasteiger partial charge in [-0.05, 0) is 55.2 Å². The molecule has 3 rings (SSSR count). The quantitative estimate of drug-likeness (QED) is 0.806. The highest BCUT2D eigenvalue weighted by Gasteiger charge is 2.27. The molecule has 0 N–H and O–H groups in total. The zero-order chi connectivity index (χ0) is 16.4. The summed E-state index contributed by atoms with van der Waals surface area (Å²) in [7, 11) is -3.44. The highest BCUT2D eigenvalue weighted by atomic mass is 32.2. The minimum Gasteiger partial charge on any atom is -0.453 e. The average molecular weight is 333 g/mol. The first kappa shape index (κ1) is 16.0. The molecule has 0 aliphatic carbocycles. The fourth-order valence-electron chi connectivity index (χ4n) is 2.74. The van der Waals surface area contributed by atoms with Crippen molar-refractivity contribution in [2.75, 3.05) is 13.1 Å². The maximum Gasteiger partial charge on any atom is 0.243 e. The number of hydrogen-bond donors (Lipinski definition) is 0. The van der Waals surface area contributed by atoms with Gasteiger partial charge in [-0.1, -0.05) is 6.92 Å². The van der Waals surface area contributed by atoms with Crippen LogP contribution in [0.5, 0.6) is 0 Å². The van der Waals surface area contributed by atoms with Gasteiger partial charge < -0.3 is 4.42 Å². The minimum atomic E-state index is -3.44. The lowest BCUT2D eigenvalue weighted by molar-refractivity contribution is 0.110. The van der Waals surface area contributed by atoms with Gasteiger partial charge in [0.25, 0.3) is 0 Å². The van der Waals surface area contributed by atoms with Crippen molar-refractivity contribution in [2.24, 2.45) is 5.92 Å². The van der Waals surface area contributed by atoms with E-state index in [1.807, 2.05) is 0 Å². The van der Waals surface area contributed by atoms with Crippen LogP contribution in [0.3, 0.4) is 0 Å². The number of sulfonamides is 1. The summed E-state index contributed by atoms with van der Waals surface area (Å²) in [5, 5.41) is 0. The van der Waals surface area contributed by atoms with Gasteiger partial charge in [-0.3, -0.25) is 4.79 Å². The molecular formula is C17H19NO4S. The number of piperidine rings is 1. The van der Waals surface area contributed by atoms with Gasteiger partial charge in [-0.2, -0.15) is 4.31 Å². The van der Waals surface area contributed by atoms with E-state index in [0.29, 0.717) is 31.1 Å². The van der Waals surface area contributed by atoms with Crippen LogP contribution in [-0.2, 0) is 10.0 Å². The molecule has 1 saturated heterocycles. The smallest absolute Gasteiger partial charge is 0.243 e. The van der Waals surface area contributed by atoms with E-state index in [-0.39, 0.29) is 10.7 Å². The number of carbonyl (C=O) groups is 1. The Morgan fingerprint density at radius 1 is 1.09 bits per heavy atom. The summed E-state index contributed by atoms with van der Waals surface area (Å²) in [5.41, 5.74) is 0.740. The average Bonchev–Trinajstić information content (AvgIpc) is 3.04. The van der Waals surface area contributed by atoms with Crippen LogP contribution < -0.4 is 0 Å². The fourth-order valence-corrected chi connectivity index (χ4v) is 4.21. The summed E-state index contributed by atoms with van der Waals surface area (Å²) in [6, 6.07) is 9.86. The molecular weight excluding hydrogens is 314 g/mol. The maximum absolute atomic E-state index is 12.6. The van der Waals surface area contributed by atoms with Crippen molar-refractivity contribution in [3.8, 4) is 11.3 Å². The van der Waals surface area contributed by atoms with Gasteiger partial charge in [-0.15, -0.1) is 0 Å². The molecule has 0 atom stereocenters. The lowest BCUT2D eigenvalue weighted by atomic mass is 10.0. The van der Waals surface area contributed by atoms with Crippen molar-refractivity contribution in [2.45, 2.75) is 24.7 Å². The van der Waals surface area contributed by atoms with E-state index in [4.69, 9.17) is 4.42 Å². The Bertz CT molecular complexity index is 784. The number of benzene rings is 1. The van der Waals surface area contributed by atoms with E-state index in [0.717, 1.165) is 18.4 Å². The number of aldehydes is 1. The number of furan rings is 1. The van der Waals surface area contributed by atoms with E-state index < -0.39 is 10.0 Å². The van der Waals surface area contributed by atoms with E-state index in [1.165, 1.54) is 0 Å². The first-order chi connectivity index (χ1) is 11.0. The molecule has 2 heterocycles. The molecule has 23 heavy (non-hydrogen) atoms. The first-order valence-electron chi connectivity index (χ1n) is 7.66. The van der Waals surface area contributed by atoms with Crippen LogP contribution in [0.4, 0.5) is 0 Å². The third-order valence-electron chi connectivity index (χ3n) is 4.26. The molecule has 5 nitrogen and oxygen atoms in total. The Morgan fingerprint density at radius 3 is 2.30 bits per heavy atom. The van der Waals surface area contributed by atoms with E-state index in [9.17, 15) is 13.2 Å². The molecule has 1 aromatic carbocycles. The van der Waals surface area contributed by atoms with Crippen LogP contribution in [0.1, 0.15) is 30.3 Å². The van der Waals surface area contributed by atoms with Crippen LogP contribution in [0.25, 0.3) is 11.3 Å². The van der Waals surface area contributed by atoms with Crippen LogP contribution in [0.15, 0.2) is 45.7 Å². The highest BCUT2D eigenvalue weighted by Crippen LogP contribution is 2.26. The van der Waals surface area contributed by atoms with Crippen LogP contribution in [-0.4, -0.2) is 32.1 Å². The molecule has 0 saturated carbocycles. The molecule has 0 radical (unpaired) electrons. The Kier molecular flexibility index (Phi) is 4.37. The Morgan fingerprint density at radius 2 is 1.74 bits per heavy atom. The second kappa shape index (κ2) is 6.29. The molecule has 0 amide bonds. The third kappa shape index (κ3) is 3.23. The number of hydrogen-bond acceptors (Lipinski definition) is 4. The summed E-state index contributed by atoms with van der Waals surface area (Å²) >= 11 is 0. The monoisotopic (exact) mass is 333 g/mol. The highest BCUT2D eigenvalue weighted by molar-refractivity contribution is 7.89. The predicted octanol–water partition coefficient (Wildman–Crippen LogP) is 3.18. The van der Waals surface area contributed by atoms with Gasteiger partial charge in [0.05, 0.1) is 4.90 Å². The van der Waals surface area contributed by atoms with Gasteiger partial charge in [0.1, 0.15) is 5.76 Å². The predicted molar refractivity (Wildman–Crippen MR) is 86.7 cm³/mol. The fraction of sp³-hybridized carbons (Fsp3) is 0.353. The molecule has 0 unspecified atom stereocenters. The third-order valence-corrected chi connectivity index (χ3v) is 6.18. The van der Waals surface area contributed by atoms with Crippen molar-refractivity contribution in [3.05, 3.63) is 42.2 Å². The molecule has 1 aliphatic heterocycles. The Balaban J connectivity index is 1.82. The zero-order valence-corrected chi connectivity index (χ0v) is 13.8. The van der Waals surface area contributed by atoms with E-state index in [2.05, 4.69) is 6.92 Å². The molecule has 2 aromatic rings. The molecule has 1 fully saturated rings. The normalized spacial score (nSPS) is 17.3. The second-order valence-electron chi connectivity index (χ2n) is 5.93. The van der Waals surface area contributed by atoms with E-state index >= 15 is 0 Å². The Hall–Kier alpha value is -1.92. The molecule has 0 bridgehead atoms. The molecule has 1 aliphatic rings. The first-order valence-corrected chi connectivity index (χ1v) is 9.10. The number of nitrogens with zero attached hydrogens (tertiary/aromatic N) is 1. The van der Waals surface area contributed by atoms with Crippen LogP contribution in [0, 0.1) is 5.92 Å². The number of rotatable bonds is 4. The van der Waals surface area contributed by atoms with Crippen molar-refractivity contribution in [1.82, 2.24) is 4.31 Å². The largest absolute Gasteiger partial charge is 0.453 e. The SMILES string of the molecule is CC1CCN(S(=O)(=O)c2ccc(-c3ccc(C=O)o3)cc2)CC1. The molecule has 122 valence electrons. The maximum atomic E-state index is 12.6. The van der Waals surface area contributed by atoms with Crippen LogP contribution in [0.2, 0.25) is 0 Å². The summed E-state index contributed by atoms with van der Waals surface area (Å²) in [6.45, 7) is 3.30. The molecule has 1 aromatic heterocycles. The topological polar surface area (TPSA) is 67.6 Å². The van der Waals surface area contributed by atoms with Gasteiger partial charge in [-0.25, -0.2) is 8.42 Å². The lowest BCUT2D eigenvalue weighted by Crippen LogP contribution is -2.37. The summed E-state index contributed by atoms with van der Waals surface area (Å²) in [6.07, 6.45) is 2.44. The molecule has 6 heteroatoms. The summed E-state index contributed by atoms with van der Waals surface area (Å²) in [5.74, 6) is 1.37. The molecule has 0 spiro atoms. The van der Waals surface area contributed by atoms with Crippen molar-refractivity contribution in [1.29, 1.82) is 0 Å². The number of carbonyl (C=O) groups excluding carboxylic acids is 1. The standard InChI is InChI=1S/C17H19NO4S/c1-13-8-10-18(11-9-13)23(20,21)16-5-2-14(3-6-16)17-7-4-15(12-19)22-17/h2-7,12-13H,8-11H2,1H3. The van der Waals surface area contributed by atoms with E-state index in [1.54, 1.807) is 40.7 Å². The van der Waals surface area contributed by atoms with Crippen molar-refractivity contribution < 1.29 is 17.6 Å². The van der Waals surface area contributed by atoms with Crippen molar-refractivity contribution >= 4 is 16.3 Å². The zero-order valence-electron chi connectivity index (χ0n) is 12.9. The lowest BCUT2D eigenvalue weighted by Gasteiger charge is -2.29. The van der Waals surface area contributed by atoms with Gasteiger partial charge in [0.2, 0.25) is 10.0 Å². The van der Waals surface area contributed by atoms with Crippen LogP contribution >= 0.6 is 0 Å². The summed E-state index contributed by atoms with van der Waals surface area (Å²) in [4.78, 5) is 10.9. The van der Waals surface area contributed by atoms with Crippen molar-refractivity contribution in [3.63, 3.8) is 0 Å². The summed E-state index contributed by atoms with van der Waals surface area (Å²) < 4.78 is 32.2. The van der Waals surface area contributed by atoms with Gasteiger partial charge >= 0.3 is 0 Å².